The average molecular weight is 231 g/mol. The normalized spacial score (nSPS) is 24.3. The summed E-state index contributed by atoms with van der Waals surface area (Å²) in [5.41, 5.74) is 1.49. The van der Waals surface area contributed by atoms with Gasteiger partial charge < -0.3 is 0 Å². The van der Waals surface area contributed by atoms with Gasteiger partial charge in [-0.3, -0.25) is 0 Å². The van der Waals surface area contributed by atoms with Gasteiger partial charge in [-0.25, -0.2) is 0 Å². The van der Waals surface area contributed by atoms with Gasteiger partial charge in [0.05, 0.1) is 0 Å². The lowest BCUT2D eigenvalue weighted by Crippen LogP contribution is -2.22. The van der Waals surface area contributed by atoms with Crippen LogP contribution in [0.5, 0.6) is 0 Å². The van der Waals surface area contributed by atoms with E-state index in [1.54, 1.807) is 0 Å². The van der Waals surface area contributed by atoms with Crippen LogP contribution in [-0.4, -0.2) is 5.88 Å². The van der Waals surface area contributed by atoms with E-state index in [0.717, 1.165) is 17.7 Å². The van der Waals surface area contributed by atoms with Crippen LogP contribution in [0.15, 0.2) is 42.5 Å². The van der Waals surface area contributed by atoms with Gasteiger partial charge in [0.2, 0.25) is 0 Å². The lowest BCUT2D eigenvalue weighted by molar-refractivity contribution is 0.292. The third kappa shape index (κ3) is 1.72. The molecule has 0 aromatic heterocycles. The molecule has 0 spiro atoms. The molecule has 0 atom stereocenters. The van der Waals surface area contributed by atoms with Crippen LogP contribution in [0.4, 0.5) is 0 Å². The highest BCUT2D eigenvalue weighted by Gasteiger charge is 2.29. The van der Waals surface area contributed by atoms with Gasteiger partial charge in [-0.1, -0.05) is 42.5 Å². The zero-order chi connectivity index (χ0) is 11.0. The molecule has 3 rings (SSSR count). The summed E-state index contributed by atoms with van der Waals surface area (Å²) in [6.07, 6.45) is 2.53. The molecule has 0 amide bonds. The van der Waals surface area contributed by atoms with Crippen LogP contribution in [0, 0.1) is 5.92 Å². The number of hydrogen-bond donors (Lipinski definition) is 0. The summed E-state index contributed by atoms with van der Waals surface area (Å²) in [6, 6.07) is 15.4. The molecule has 0 heterocycles. The molecule has 0 N–H and O–H groups in total. The summed E-state index contributed by atoms with van der Waals surface area (Å²) < 4.78 is 0. The summed E-state index contributed by atoms with van der Waals surface area (Å²) in [7, 11) is 0. The van der Waals surface area contributed by atoms with Crippen LogP contribution >= 0.6 is 11.6 Å². The molecule has 0 saturated heterocycles. The Balaban J connectivity index is 1.89. The molecule has 2 aromatic rings. The van der Waals surface area contributed by atoms with Crippen molar-refractivity contribution in [3.05, 3.63) is 48.0 Å². The Hall–Kier alpha value is -1.01. The molecular formula is C15H15Cl. The first-order valence-corrected chi connectivity index (χ1v) is 6.45. The predicted octanol–water partition coefficient (Wildman–Crippen LogP) is 4.57. The molecule has 0 unspecified atom stereocenters. The molecule has 2 aromatic carbocycles. The summed E-state index contributed by atoms with van der Waals surface area (Å²) in [5.74, 6) is 2.32. The first-order chi connectivity index (χ1) is 7.86. The van der Waals surface area contributed by atoms with Gasteiger partial charge in [0, 0.05) is 5.88 Å². The van der Waals surface area contributed by atoms with Crippen LogP contribution in [0.3, 0.4) is 0 Å². The van der Waals surface area contributed by atoms with Crippen molar-refractivity contribution in [1.82, 2.24) is 0 Å². The minimum absolute atomic E-state index is 0.744. The molecule has 0 bridgehead atoms. The first kappa shape index (κ1) is 10.2. The van der Waals surface area contributed by atoms with Crippen LogP contribution in [0.1, 0.15) is 24.3 Å². The van der Waals surface area contributed by atoms with Crippen molar-refractivity contribution in [3.63, 3.8) is 0 Å². The van der Waals surface area contributed by atoms with Crippen molar-refractivity contribution >= 4 is 22.4 Å². The van der Waals surface area contributed by atoms with E-state index in [4.69, 9.17) is 11.6 Å². The van der Waals surface area contributed by atoms with Gasteiger partial charge in [0.15, 0.2) is 0 Å². The van der Waals surface area contributed by atoms with Gasteiger partial charge >= 0.3 is 0 Å². The second kappa shape index (κ2) is 4.10. The number of halogens is 1. The smallest absolute Gasteiger partial charge is 0.0252 e. The second-order valence-electron chi connectivity index (χ2n) is 4.80. The SMILES string of the molecule is ClCC1CC(c2ccc3ccccc3c2)C1. The van der Waals surface area contributed by atoms with E-state index in [1.165, 1.54) is 29.2 Å². The molecule has 0 nitrogen and oxygen atoms in total. The second-order valence-corrected chi connectivity index (χ2v) is 5.10. The summed E-state index contributed by atoms with van der Waals surface area (Å²) in [4.78, 5) is 0. The zero-order valence-electron chi connectivity index (χ0n) is 9.20. The van der Waals surface area contributed by atoms with E-state index in [2.05, 4.69) is 42.5 Å². The molecular weight excluding hydrogens is 216 g/mol. The third-order valence-corrected chi connectivity index (χ3v) is 4.14. The Morgan fingerprint density at radius 2 is 1.75 bits per heavy atom. The molecule has 1 fully saturated rings. The average Bonchev–Trinajstić information content (AvgIpc) is 2.27. The fourth-order valence-electron chi connectivity index (χ4n) is 2.60. The fraction of sp³-hybridized carbons (Fsp3) is 0.333. The Labute approximate surface area is 101 Å². The predicted molar refractivity (Wildman–Crippen MR) is 70.1 cm³/mol. The summed E-state index contributed by atoms with van der Waals surface area (Å²) in [6.45, 7) is 0. The summed E-state index contributed by atoms with van der Waals surface area (Å²) >= 11 is 5.85. The van der Waals surface area contributed by atoms with E-state index in [0.29, 0.717) is 0 Å². The van der Waals surface area contributed by atoms with Gasteiger partial charge in [0.25, 0.3) is 0 Å². The largest absolute Gasteiger partial charge is 0.126 e. The van der Waals surface area contributed by atoms with Crippen molar-refractivity contribution in [1.29, 1.82) is 0 Å². The maximum absolute atomic E-state index is 5.85. The molecule has 1 aliphatic rings. The fourth-order valence-corrected chi connectivity index (χ4v) is 2.85. The highest BCUT2D eigenvalue weighted by atomic mass is 35.5. The standard InChI is InChI=1S/C15H15Cl/c16-10-11-7-15(8-11)14-6-5-12-3-1-2-4-13(12)9-14/h1-6,9,11,15H,7-8,10H2. The number of alkyl halides is 1. The van der Waals surface area contributed by atoms with Crippen LogP contribution in [0.2, 0.25) is 0 Å². The minimum atomic E-state index is 0.744. The van der Waals surface area contributed by atoms with Crippen molar-refractivity contribution < 1.29 is 0 Å². The number of hydrogen-bond acceptors (Lipinski definition) is 0. The van der Waals surface area contributed by atoms with Crippen molar-refractivity contribution in [2.24, 2.45) is 5.92 Å². The monoisotopic (exact) mass is 230 g/mol. The highest BCUT2D eigenvalue weighted by Crippen LogP contribution is 2.42. The van der Waals surface area contributed by atoms with E-state index in [1.807, 2.05) is 0 Å². The maximum atomic E-state index is 5.85. The van der Waals surface area contributed by atoms with E-state index >= 15 is 0 Å². The van der Waals surface area contributed by atoms with Crippen molar-refractivity contribution in [3.8, 4) is 0 Å². The number of benzene rings is 2. The Bertz CT molecular complexity index is 498. The highest BCUT2D eigenvalue weighted by molar-refractivity contribution is 6.18. The minimum Gasteiger partial charge on any atom is -0.126 e. The molecule has 0 aliphatic heterocycles. The third-order valence-electron chi connectivity index (χ3n) is 3.70. The van der Waals surface area contributed by atoms with E-state index < -0.39 is 0 Å². The lowest BCUT2D eigenvalue weighted by Gasteiger charge is -2.34. The number of rotatable bonds is 2. The molecule has 1 heteroatoms. The zero-order valence-corrected chi connectivity index (χ0v) is 9.95. The lowest BCUT2D eigenvalue weighted by atomic mass is 9.72. The Morgan fingerprint density at radius 1 is 1.00 bits per heavy atom. The summed E-state index contributed by atoms with van der Waals surface area (Å²) in [5, 5.41) is 2.69. The quantitative estimate of drug-likeness (QED) is 0.663. The van der Waals surface area contributed by atoms with Crippen molar-refractivity contribution in [2.75, 3.05) is 5.88 Å². The number of fused-ring (bicyclic) bond motifs is 1. The molecule has 1 aliphatic carbocycles. The van der Waals surface area contributed by atoms with Crippen LogP contribution in [-0.2, 0) is 0 Å². The van der Waals surface area contributed by atoms with Gasteiger partial charge in [-0.05, 0) is 41.0 Å². The molecule has 0 radical (unpaired) electrons. The topological polar surface area (TPSA) is 0 Å². The van der Waals surface area contributed by atoms with Crippen LogP contribution < -0.4 is 0 Å². The van der Waals surface area contributed by atoms with Gasteiger partial charge in [-0.15, -0.1) is 11.6 Å². The molecule has 1 saturated carbocycles. The Morgan fingerprint density at radius 3 is 2.50 bits per heavy atom. The van der Waals surface area contributed by atoms with Crippen LogP contribution in [0.25, 0.3) is 10.8 Å². The Kier molecular flexibility index (Phi) is 2.61. The van der Waals surface area contributed by atoms with Gasteiger partial charge in [0.1, 0.15) is 0 Å². The molecule has 82 valence electrons. The van der Waals surface area contributed by atoms with E-state index in [9.17, 15) is 0 Å². The van der Waals surface area contributed by atoms with Crippen molar-refractivity contribution in [2.45, 2.75) is 18.8 Å². The van der Waals surface area contributed by atoms with E-state index in [-0.39, 0.29) is 0 Å². The molecule has 16 heavy (non-hydrogen) atoms. The first-order valence-electron chi connectivity index (χ1n) is 5.91. The van der Waals surface area contributed by atoms with Gasteiger partial charge in [-0.2, -0.15) is 0 Å². The maximum Gasteiger partial charge on any atom is 0.0252 e.